The van der Waals surface area contributed by atoms with Gasteiger partial charge in [0.2, 0.25) is 0 Å². The van der Waals surface area contributed by atoms with Crippen LogP contribution in [0.3, 0.4) is 0 Å². The van der Waals surface area contributed by atoms with Crippen LogP contribution in [0.1, 0.15) is 26.7 Å². The van der Waals surface area contributed by atoms with Crippen LogP contribution in [0.5, 0.6) is 0 Å². The minimum atomic E-state index is 0.194. The van der Waals surface area contributed by atoms with E-state index in [4.69, 9.17) is 11.5 Å². The fourth-order valence-corrected chi connectivity index (χ4v) is 0.605. The molecular formula is C6H16N2. The third-order valence-electron chi connectivity index (χ3n) is 1.49. The van der Waals surface area contributed by atoms with Crippen LogP contribution in [-0.2, 0) is 0 Å². The highest BCUT2D eigenvalue weighted by molar-refractivity contribution is 4.71. The standard InChI is InChI=1S/C6H16N2/c1-3-5(7)6(8)4-2/h5-6H,3-4,7-8H2,1-2H3/t5-,6-/m1/s1. The average molecular weight is 116 g/mol. The summed E-state index contributed by atoms with van der Waals surface area (Å²) >= 11 is 0. The molecule has 8 heavy (non-hydrogen) atoms. The summed E-state index contributed by atoms with van der Waals surface area (Å²) in [5.41, 5.74) is 11.2. The maximum atomic E-state index is 5.60. The molecule has 0 radical (unpaired) electrons. The van der Waals surface area contributed by atoms with Crippen LogP contribution in [-0.4, -0.2) is 12.1 Å². The monoisotopic (exact) mass is 116 g/mol. The first kappa shape index (κ1) is 7.92. The molecule has 0 aromatic heterocycles. The Kier molecular flexibility index (Phi) is 3.83. The van der Waals surface area contributed by atoms with Gasteiger partial charge in [0.25, 0.3) is 0 Å². The Morgan fingerprint density at radius 2 is 1.25 bits per heavy atom. The molecule has 2 atom stereocenters. The molecule has 0 aliphatic carbocycles. The minimum absolute atomic E-state index is 0.194. The quantitative estimate of drug-likeness (QED) is 0.563. The zero-order valence-corrected chi connectivity index (χ0v) is 5.72. The fraction of sp³-hybridized carbons (Fsp3) is 1.00. The Morgan fingerprint density at radius 3 is 1.38 bits per heavy atom. The molecule has 4 N–H and O–H groups in total. The van der Waals surface area contributed by atoms with Crippen molar-refractivity contribution >= 4 is 0 Å². The van der Waals surface area contributed by atoms with Crippen LogP contribution in [0.4, 0.5) is 0 Å². The smallest absolute Gasteiger partial charge is 0.0189 e. The first-order chi connectivity index (χ1) is 3.72. The Labute approximate surface area is 51.2 Å². The Morgan fingerprint density at radius 1 is 1.00 bits per heavy atom. The summed E-state index contributed by atoms with van der Waals surface area (Å²) in [5, 5.41) is 0. The third-order valence-corrected chi connectivity index (χ3v) is 1.49. The van der Waals surface area contributed by atoms with E-state index in [0.717, 1.165) is 12.8 Å². The summed E-state index contributed by atoms with van der Waals surface area (Å²) in [7, 11) is 0. The lowest BCUT2D eigenvalue weighted by atomic mass is 10.1. The normalized spacial score (nSPS) is 18.0. The number of hydrogen-bond donors (Lipinski definition) is 2. The van der Waals surface area contributed by atoms with Crippen molar-refractivity contribution in [3.8, 4) is 0 Å². The predicted octanol–water partition coefficient (Wildman–Crippen LogP) is 0.461. The van der Waals surface area contributed by atoms with Crippen molar-refractivity contribution < 1.29 is 0 Å². The minimum Gasteiger partial charge on any atom is -0.326 e. The summed E-state index contributed by atoms with van der Waals surface area (Å²) < 4.78 is 0. The van der Waals surface area contributed by atoms with Gasteiger partial charge >= 0.3 is 0 Å². The van der Waals surface area contributed by atoms with Crippen LogP contribution >= 0.6 is 0 Å². The zero-order chi connectivity index (χ0) is 6.57. The molecule has 0 unspecified atom stereocenters. The van der Waals surface area contributed by atoms with Crippen molar-refractivity contribution in [1.29, 1.82) is 0 Å². The van der Waals surface area contributed by atoms with E-state index in [2.05, 4.69) is 13.8 Å². The van der Waals surface area contributed by atoms with Crippen molar-refractivity contribution in [3.05, 3.63) is 0 Å². The molecule has 0 saturated heterocycles. The number of rotatable bonds is 3. The van der Waals surface area contributed by atoms with Gasteiger partial charge in [0.15, 0.2) is 0 Å². The molecule has 2 nitrogen and oxygen atoms in total. The maximum absolute atomic E-state index is 5.60. The molecule has 0 saturated carbocycles. The van der Waals surface area contributed by atoms with Crippen LogP contribution < -0.4 is 11.5 Å². The van der Waals surface area contributed by atoms with E-state index in [0.29, 0.717) is 0 Å². The van der Waals surface area contributed by atoms with Crippen LogP contribution in [0.15, 0.2) is 0 Å². The van der Waals surface area contributed by atoms with Gasteiger partial charge in [0.05, 0.1) is 0 Å². The van der Waals surface area contributed by atoms with Crippen molar-refractivity contribution in [2.45, 2.75) is 38.8 Å². The van der Waals surface area contributed by atoms with E-state index in [-0.39, 0.29) is 12.1 Å². The predicted molar refractivity (Wildman–Crippen MR) is 36.5 cm³/mol. The lowest BCUT2D eigenvalue weighted by molar-refractivity contribution is 0.500. The van der Waals surface area contributed by atoms with E-state index in [1.807, 2.05) is 0 Å². The summed E-state index contributed by atoms with van der Waals surface area (Å²) in [6.45, 7) is 4.11. The molecule has 0 aromatic carbocycles. The summed E-state index contributed by atoms with van der Waals surface area (Å²) in [6, 6.07) is 0.389. The molecule has 50 valence electrons. The van der Waals surface area contributed by atoms with Crippen LogP contribution in [0, 0.1) is 0 Å². The molecule has 0 spiro atoms. The van der Waals surface area contributed by atoms with Crippen molar-refractivity contribution in [2.24, 2.45) is 11.5 Å². The molecule has 0 aromatic rings. The topological polar surface area (TPSA) is 52.0 Å². The lowest BCUT2D eigenvalue weighted by Crippen LogP contribution is -2.40. The summed E-state index contributed by atoms with van der Waals surface area (Å²) in [4.78, 5) is 0. The van der Waals surface area contributed by atoms with E-state index in [1.54, 1.807) is 0 Å². The third kappa shape index (κ3) is 2.28. The van der Waals surface area contributed by atoms with Gasteiger partial charge in [-0.1, -0.05) is 13.8 Å². The van der Waals surface area contributed by atoms with E-state index >= 15 is 0 Å². The highest BCUT2D eigenvalue weighted by Gasteiger charge is 2.06. The molecule has 0 aliphatic heterocycles. The van der Waals surface area contributed by atoms with Gasteiger partial charge in [-0.25, -0.2) is 0 Å². The Bertz CT molecular complexity index is 46.5. The second-order valence-corrected chi connectivity index (χ2v) is 2.14. The maximum Gasteiger partial charge on any atom is 0.0189 e. The molecule has 0 amide bonds. The largest absolute Gasteiger partial charge is 0.326 e. The van der Waals surface area contributed by atoms with Crippen LogP contribution in [0.2, 0.25) is 0 Å². The zero-order valence-electron chi connectivity index (χ0n) is 5.72. The molecule has 2 heteroatoms. The van der Waals surface area contributed by atoms with Gasteiger partial charge in [-0.2, -0.15) is 0 Å². The average Bonchev–Trinajstić information content (AvgIpc) is 1.84. The molecule has 0 aliphatic rings. The van der Waals surface area contributed by atoms with Crippen LogP contribution in [0.25, 0.3) is 0 Å². The van der Waals surface area contributed by atoms with Gasteiger partial charge in [-0.3, -0.25) is 0 Å². The second-order valence-electron chi connectivity index (χ2n) is 2.14. The Hall–Kier alpha value is -0.0800. The van der Waals surface area contributed by atoms with E-state index < -0.39 is 0 Å². The molecular weight excluding hydrogens is 100 g/mol. The van der Waals surface area contributed by atoms with Gasteiger partial charge in [0.1, 0.15) is 0 Å². The molecule has 0 bridgehead atoms. The molecule has 0 heterocycles. The highest BCUT2D eigenvalue weighted by Crippen LogP contribution is 1.94. The number of nitrogens with two attached hydrogens (primary N) is 2. The van der Waals surface area contributed by atoms with Gasteiger partial charge in [0, 0.05) is 12.1 Å². The van der Waals surface area contributed by atoms with Crippen molar-refractivity contribution in [1.82, 2.24) is 0 Å². The van der Waals surface area contributed by atoms with Crippen molar-refractivity contribution in [3.63, 3.8) is 0 Å². The number of hydrogen-bond acceptors (Lipinski definition) is 2. The van der Waals surface area contributed by atoms with Gasteiger partial charge in [-0.05, 0) is 12.8 Å². The van der Waals surface area contributed by atoms with E-state index in [1.165, 1.54) is 0 Å². The van der Waals surface area contributed by atoms with Crippen molar-refractivity contribution in [2.75, 3.05) is 0 Å². The first-order valence-electron chi connectivity index (χ1n) is 3.23. The van der Waals surface area contributed by atoms with E-state index in [9.17, 15) is 0 Å². The first-order valence-corrected chi connectivity index (χ1v) is 3.23. The highest BCUT2D eigenvalue weighted by atomic mass is 14.8. The lowest BCUT2D eigenvalue weighted by Gasteiger charge is -2.14. The fourth-order valence-electron chi connectivity index (χ4n) is 0.605. The summed E-state index contributed by atoms with van der Waals surface area (Å²) in [6.07, 6.45) is 1.96. The SMILES string of the molecule is CC[C@@H](N)[C@H](N)CC. The summed E-state index contributed by atoms with van der Waals surface area (Å²) in [5.74, 6) is 0. The van der Waals surface area contributed by atoms with Gasteiger partial charge in [-0.15, -0.1) is 0 Å². The molecule has 0 fully saturated rings. The van der Waals surface area contributed by atoms with Gasteiger partial charge < -0.3 is 11.5 Å². The molecule has 0 rings (SSSR count). The Balaban J connectivity index is 3.29. The second kappa shape index (κ2) is 3.87.